The number of rotatable bonds is 4. The van der Waals surface area contributed by atoms with Gasteiger partial charge in [-0.15, -0.1) is 0 Å². The quantitative estimate of drug-likeness (QED) is 0.914. The molecule has 2 rings (SSSR count). The number of amides is 2. The molecule has 0 unspecified atom stereocenters. The van der Waals surface area contributed by atoms with Crippen molar-refractivity contribution in [2.75, 3.05) is 6.54 Å². The number of hydrogen-bond donors (Lipinski definition) is 1. The lowest BCUT2D eigenvalue weighted by molar-refractivity contribution is -0.129. The van der Waals surface area contributed by atoms with Crippen molar-refractivity contribution in [3.05, 3.63) is 35.9 Å². The Morgan fingerprint density at radius 1 is 1.30 bits per heavy atom. The molecule has 1 aromatic carbocycles. The molecule has 0 aliphatic carbocycles. The first-order valence-electron chi connectivity index (χ1n) is 7.10. The van der Waals surface area contributed by atoms with Gasteiger partial charge in [0.1, 0.15) is 0 Å². The third-order valence-corrected chi connectivity index (χ3v) is 4.08. The van der Waals surface area contributed by atoms with E-state index in [1.54, 1.807) is 0 Å². The summed E-state index contributed by atoms with van der Waals surface area (Å²) in [5, 5.41) is 2.89. The predicted molar refractivity (Wildman–Crippen MR) is 78.0 cm³/mol. The van der Waals surface area contributed by atoms with Gasteiger partial charge >= 0.3 is 0 Å². The molecule has 0 radical (unpaired) electrons. The van der Waals surface area contributed by atoms with Crippen molar-refractivity contribution in [3.63, 3.8) is 0 Å². The monoisotopic (exact) mass is 274 g/mol. The number of nitrogens with one attached hydrogen (secondary N) is 1. The van der Waals surface area contributed by atoms with Crippen molar-refractivity contribution < 1.29 is 9.59 Å². The molecule has 0 saturated carbocycles. The van der Waals surface area contributed by atoms with Crippen LogP contribution in [0.15, 0.2) is 30.3 Å². The zero-order valence-electron chi connectivity index (χ0n) is 12.3. The standard InChI is InChI=1S/C16H22N2O2/c1-11(17-13(3)19)15-9-16(20)18(10-15)12(2)14-7-5-4-6-8-14/h4-8,11-12,15H,9-10H2,1-3H3,(H,17,19)/t11-,12-,15-/m0/s1. The van der Waals surface area contributed by atoms with Crippen molar-refractivity contribution >= 4 is 11.8 Å². The fraction of sp³-hybridized carbons (Fsp3) is 0.500. The number of hydrogen-bond acceptors (Lipinski definition) is 2. The van der Waals surface area contributed by atoms with E-state index < -0.39 is 0 Å². The van der Waals surface area contributed by atoms with Crippen LogP contribution in [-0.4, -0.2) is 29.3 Å². The molecule has 0 aromatic heterocycles. The smallest absolute Gasteiger partial charge is 0.223 e. The summed E-state index contributed by atoms with van der Waals surface area (Å²) in [5.41, 5.74) is 1.15. The summed E-state index contributed by atoms with van der Waals surface area (Å²) < 4.78 is 0. The number of carbonyl (C=O) groups is 2. The minimum atomic E-state index is -0.0421. The van der Waals surface area contributed by atoms with E-state index in [1.165, 1.54) is 6.92 Å². The average molecular weight is 274 g/mol. The molecule has 1 fully saturated rings. The molecular formula is C16H22N2O2. The molecule has 3 atom stereocenters. The maximum absolute atomic E-state index is 12.2. The Morgan fingerprint density at radius 3 is 2.55 bits per heavy atom. The Kier molecular flexibility index (Phi) is 4.42. The number of benzene rings is 1. The van der Waals surface area contributed by atoms with E-state index >= 15 is 0 Å². The fourth-order valence-electron chi connectivity index (χ4n) is 2.82. The first kappa shape index (κ1) is 14.6. The highest BCUT2D eigenvalue weighted by Crippen LogP contribution is 2.29. The molecule has 4 nitrogen and oxygen atoms in total. The molecule has 1 aliphatic rings. The Balaban J connectivity index is 2.04. The van der Waals surface area contributed by atoms with E-state index in [1.807, 2.05) is 42.2 Å². The van der Waals surface area contributed by atoms with Crippen LogP contribution in [0.2, 0.25) is 0 Å². The summed E-state index contributed by atoms with van der Waals surface area (Å²) in [4.78, 5) is 25.2. The highest BCUT2D eigenvalue weighted by Gasteiger charge is 2.35. The van der Waals surface area contributed by atoms with Gasteiger partial charge < -0.3 is 10.2 Å². The largest absolute Gasteiger partial charge is 0.354 e. The molecular weight excluding hydrogens is 252 g/mol. The van der Waals surface area contributed by atoms with Gasteiger partial charge in [-0.1, -0.05) is 30.3 Å². The van der Waals surface area contributed by atoms with Gasteiger partial charge in [-0.25, -0.2) is 0 Å². The summed E-state index contributed by atoms with van der Waals surface area (Å²) in [7, 11) is 0. The van der Waals surface area contributed by atoms with Crippen LogP contribution in [0.4, 0.5) is 0 Å². The van der Waals surface area contributed by atoms with E-state index in [9.17, 15) is 9.59 Å². The third kappa shape index (κ3) is 3.18. The SMILES string of the molecule is CC(=O)N[C@@H](C)[C@H]1CC(=O)N([C@@H](C)c2ccccc2)C1. The first-order valence-corrected chi connectivity index (χ1v) is 7.10. The topological polar surface area (TPSA) is 49.4 Å². The lowest BCUT2D eigenvalue weighted by atomic mass is 10.0. The molecule has 1 aliphatic heterocycles. The van der Waals surface area contributed by atoms with E-state index in [-0.39, 0.29) is 29.8 Å². The van der Waals surface area contributed by atoms with Crippen LogP contribution in [-0.2, 0) is 9.59 Å². The molecule has 20 heavy (non-hydrogen) atoms. The van der Waals surface area contributed by atoms with Gasteiger partial charge in [0.25, 0.3) is 0 Å². The minimum Gasteiger partial charge on any atom is -0.354 e. The lowest BCUT2D eigenvalue weighted by Crippen LogP contribution is -2.38. The van der Waals surface area contributed by atoms with Crippen molar-refractivity contribution in [3.8, 4) is 0 Å². The van der Waals surface area contributed by atoms with Crippen LogP contribution in [0, 0.1) is 5.92 Å². The average Bonchev–Trinajstić information content (AvgIpc) is 2.80. The number of nitrogens with zero attached hydrogens (tertiary/aromatic N) is 1. The van der Waals surface area contributed by atoms with E-state index in [2.05, 4.69) is 12.2 Å². The second-order valence-electron chi connectivity index (χ2n) is 5.59. The van der Waals surface area contributed by atoms with Crippen molar-refractivity contribution in [2.45, 2.75) is 39.3 Å². The van der Waals surface area contributed by atoms with Gasteiger partial charge in [0.05, 0.1) is 6.04 Å². The van der Waals surface area contributed by atoms with Gasteiger partial charge in [0.2, 0.25) is 11.8 Å². The summed E-state index contributed by atoms with van der Waals surface area (Å²) in [5.74, 6) is 0.320. The molecule has 108 valence electrons. The van der Waals surface area contributed by atoms with Crippen LogP contribution >= 0.6 is 0 Å². The zero-order valence-corrected chi connectivity index (χ0v) is 12.3. The Labute approximate surface area is 120 Å². The Hall–Kier alpha value is -1.84. The molecule has 2 amide bonds. The highest BCUT2D eigenvalue weighted by atomic mass is 16.2. The van der Waals surface area contributed by atoms with Crippen molar-refractivity contribution in [2.24, 2.45) is 5.92 Å². The molecule has 4 heteroatoms. The third-order valence-electron chi connectivity index (χ3n) is 4.08. The van der Waals surface area contributed by atoms with Gasteiger partial charge in [0, 0.05) is 31.8 Å². The van der Waals surface area contributed by atoms with Crippen LogP contribution < -0.4 is 5.32 Å². The van der Waals surface area contributed by atoms with Crippen LogP contribution in [0.1, 0.15) is 38.8 Å². The van der Waals surface area contributed by atoms with Gasteiger partial charge in [-0.2, -0.15) is 0 Å². The Morgan fingerprint density at radius 2 is 1.95 bits per heavy atom. The van der Waals surface area contributed by atoms with Crippen LogP contribution in [0.3, 0.4) is 0 Å². The molecule has 1 saturated heterocycles. The van der Waals surface area contributed by atoms with Crippen LogP contribution in [0.5, 0.6) is 0 Å². The van der Waals surface area contributed by atoms with E-state index in [4.69, 9.17) is 0 Å². The van der Waals surface area contributed by atoms with E-state index in [0.29, 0.717) is 13.0 Å². The number of likely N-dealkylation sites (tertiary alicyclic amines) is 1. The fourth-order valence-corrected chi connectivity index (χ4v) is 2.82. The summed E-state index contributed by atoms with van der Waals surface area (Å²) in [6.07, 6.45) is 0.513. The predicted octanol–water partition coefficient (Wildman–Crippen LogP) is 2.12. The zero-order chi connectivity index (χ0) is 14.7. The Bertz CT molecular complexity index is 487. The summed E-state index contributed by atoms with van der Waals surface area (Å²) in [6, 6.07) is 10.2. The van der Waals surface area contributed by atoms with Crippen LogP contribution in [0.25, 0.3) is 0 Å². The van der Waals surface area contributed by atoms with Gasteiger partial charge in [0.15, 0.2) is 0 Å². The molecule has 1 heterocycles. The first-order chi connectivity index (χ1) is 9.49. The molecule has 0 spiro atoms. The maximum atomic E-state index is 12.2. The molecule has 1 N–H and O–H groups in total. The summed E-state index contributed by atoms with van der Waals surface area (Å²) in [6.45, 7) is 6.24. The maximum Gasteiger partial charge on any atom is 0.223 e. The second kappa shape index (κ2) is 6.07. The highest BCUT2D eigenvalue weighted by molar-refractivity contribution is 5.79. The van der Waals surface area contributed by atoms with Crippen molar-refractivity contribution in [1.82, 2.24) is 10.2 Å². The normalized spacial score (nSPS) is 21.6. The van der Waals surface area contributed by atoms with Crippen molar-refractivity contribution in [1.29, 1.82) is 0 Å². The lowest BCUT2D eigenvalue weighted by Gasteiger charge is -2.26. The second-order valence-corrected chi connectivity index (χ2v) is 5.59. The van der Waals surface area contributed by atoms with E-state index in [0.717, 1.165) is 5.56 Å². The van der Waals surface area contributed by atoms with Gasteiger partial charge in [-0.05, 0) is 19.4 Å². The molecule has 0 bridgehead atoms. The molecule has 1 aromatic rings. The summed E-state index contributed by atoms with van der Waals surface area (Å²) >= 11 is 0. The minimum absolute atomic E-state index is 0.0319. The van der Waals surface area contributed by atoms with Gasteiger partial charge in [-0.3, -0.25) is 9.59 Å². The number of carbonyl (C=O) groups excluding carboxylic acids is 2.